The molecule has 0 unspecified atom stereocenters. The van der Waals surface area contributed by atoms with Crippen molar-refractivity contribution in [3.05, 3.63) is 29.6 Å². The molecule has 1 rings (SSSR count). The maximum absolute atomic E-state index is 13.1. The minimum absolute atomic E-state index is 0.0928. The minimum Gasteiger partial charge on any atom is -0.494 e. The summed E-state index contributed by atoms with van der Waals surface area (Å²) in [6, 6.07) is 4.48. The number of carbonyl (C=O) groups is 1. The Hall–Kier alpha value is -1.47. The zero-order chi connectivity index (χ0) is 12.7. The number of hydrogen-bond donors (Lipinski definition) is 0. The van der Waals surface area contributed by atoms with Crippen molar-refractivity contribution < 1.29 is 13.9 Å². The average molecular weight is 252 g/mol. The molecule has 90 valence electrons. The van der Waals surface area contributed by atoms with Crippen LogP contribution < -0.4 is 4.74 Å². The SMILES string of the molecule is COc1cc(C#CCCSC(C)=O)ccc1F. The van der Waals surface area contributed by atoms with E-state index in [-0.39, 0.29) is 10.9 Å². The number of halogens is 1. The first-order valence-corrected chi connectivity index (χ1v) is 6.08. The molecule has 0 aliphatic carbocycles. The van der Waals surface area contributed by atoms with E-state index < -0.39 is 5.82 Å². The van der Waals surface area contributed by atoms with E-state index in [1.165, 1.54) is 31.9 Å². The van der Waals surface area contributed by atoms with Gasteiger partial charge in [0.15, 0.2) is 16.7 Å². The van der Waals surface area contributed by atoms with Crippen LogP contribution in [-0.2, 0) is 4.79 Å². The second kappa shape index (κ2) is 6.97. The summed E-state index contributed by atoms with van der Waals surface area (Å²) in [4.78, 5) is 10.7. The van der Waals surface area contributed by atoms with Crippen molar-refractivity contribution in [3.63, 3.8) is 0 Å². The summed E-state index contributed by atoms with van der Waals surface area (Å²) in [5.74, 6) is 6.30. The maximum atomic E-state index is 13.1. The molecule has 0 bridgehead atoms. The van der Waals surface area contributed by atoms with Crippen LogP contribution in [0.1, 0.15) is 18.9 Å². The monoisotopic (exact) mass is 252 g/mol. The highest BCUT2D eigenvalue weighted by Gasteiger charge is 2.01. The lowest BCUT2D eigenvalue weighted by Gasteiger charge is -2.00. The lowest BCUT2D eigenvalue weighted by Crippen LogP contribution is -1.88. The molecule has 0 aliphatic rings. The molecule has 4 heteroatoms. The first-order valence-electron chi connectivity index (χ1n) is 5.09. The van der Waals surface area contributed by atoms with E-state index in [1.54, 1.807) is 12.1 Å². The van der Waals surface area contributed by atoms with E-state index in [0.29, 0.717) is 17.7 Å². The third kappa shape index (κ3) is 4.92. The molecule has 0 amide bonds. The number of hydrogen-bond acceptors (Lipinski definition) is 3. The Kier molecular flexibility index (Phi) is 5.58. The molecule has 2 nitrogen and oxygen atoms in total. The smallest absolute Gasteiger partial charge is 0.185 e. The summed E-state index contributed by atoms with van der Waals surface area (Å²) >= 11 is 1.25. The first-order chi connectivity index (χ1) is 8.13. The van der Waals surface area contributed by atoms with Gasteiger partial charge < -0.3 is 4.74 Å². The third-order valence-electron chi connectivity index (χ3n) is 1.92. The zero-order valence-corrected chi connectivity index (χ0v) is 10.6. The molecule has 17 heavy (non-hydrogen) atoms. The number of rotatable bonds is 3. The Bertz CT molecular complexity index is 460. The standard InChI is InChI=1S/C13H13FO2S/c1-10(15)17-8-4-3-5-11-6-7-12(14)13(9-11)16-2/h6-7,9H,4,8H2,1-2H3. The molecule has 0 aromatic heterocycles. The largest absolute Gasteiger partial charge is 0.494 e. The topological polar surface area (TPSA) is 26.3 Å². The van der Waals surface area contributed by atoms with Crippen LogP contribution in [0.2, 0.25) is 0 Å². The molecule has 0 atom stereocenters. The van der Waals surface area contributed by atoms with E-state index in [0.717, 1.165) is 0 Å². The second-order valence-electron chi connectivity index (χ2n) is 3.24. The van der Waals surface area contributed by atoms with Gasteiger partial charge in [-0.05, 0) is 18.2 Å². The predicted molar refractivity (Wildman–Crippen MR) is 67.6 cm³/mol. The molecule has 0 saturated heterocycles. The summed E-state index contributed by atoms with van der Waals surface area (Å²) in [5, 5.41) is 0.0928. The highest BCUT2D eigenvalue weighted by atomic mass is 32.2. The van der Waals surface area contributed by atoms with Crippen LogP contribution in [0.4, 0.5) is 4.39 Å². The van der Waals surface area contributed by atoms with Gasteiger partial charge in [-0.1, -0.05) is 23.6 Å². The molecule has 1 aromatic carbocycles. The van der Waals surface area contributed by atoms with Crippen molar-refractivity contribution in [2.75, 3.05) is 12.9 Å². The van der Waals surface area contributed by atoms with Crippen LogP contribution in [0, 0.1) is 17.7 Å². The van der Waals surface area contributed by atoms with Crippen molar-refractivity contribution in [1.82, 2.24) is 0 Å². The number of carbonyl (C=O) groups excluding carboxylic acids is 1. The molecule has 0 N–H and O–H groups in total. The Morgan fingerprint density at radius 2 is 2.29 bits per heavy atom. The number of methoxy groups -OCH3 is 1. The number of ether oxygens (including phenoxy) is 1. The van der Waals surface area contributed by atoms with Gasteiger partial charge in [-0.15, -0.1) is 0 Å². The van der Waals surface area contributed by atoms with Crippen LogP contribution in [-0.4, -0.2) is 18.0 Å². The van der Waals surface area contributed by atoms with E-state index >= 15 is 0 Å². The van der Waals surface area contributed by atoms with E-state index in [9.17, 15) is 9.18 Å². The van der Waals surface area contributed by atoms with E-state index in [1.807, 2.05) is 0 Å². The van der Waals surface area contributed by atoms with Gasteiger partial charge in [0.25, 0.3) is 0 Å². The van der Waals surface area contributed by atoms with Gasteiger partial charge >= 0.3 is 0 Å². The van der Waals surface area contributed by atoms with Crippen LogP contribution >= 0.6 is 11.8 Å². The first kappa shape index (κ1) is 13.6. The van der Waals surface area contributed by atoms with Crippen LogP contribution in [0.5, 0.6) is 5.75 Å². The van der Waals surface area contributed by atoms with Gasteiger partial charge in [-0.2, -0.15) is 0 Å². The highest BCUT2D eigenvalue weighted by molar-refractivity contribution is 8.13. The normalized spacial score (nSPS) is 9.35. The van der Waals surface area contributed by atoms with Gasteiger partial charge in [0, 0.05) is 24.7 Å². The lowest BCUT2D eigenvalue weighted by atomic mass is 10.2. The maximum Gasteiger partial charge on any atom is 0.185 e. The van der Waals surface area contributed by atoms with Crippen LogP contribution in [0.3, 0.4) is 0 Å². The fourth-order valence-electron chi connectivity index (χ4n) is 1.15. The predicted octanol–water partition coefficient (Wildman–Crippen LogP) is 2.86. The van der Waals surface area contributed by atoms with Crippen molar-refractivity contribution in [1.29, 1.82) is 0 Å². The molecule has 1 aromatic rings. The molecule has 0 heterocycles. The fraction of sp³-hybridized carbons (Fsp3) is 0.308. The van der Waals surface area contributed by atoms with Crippen molar-refractivity contribution in [2.45, 2.75) is 13.3 Å². The molecule has 0 aliphatic heterocycles. The van der Waals surface area contributed by atoms with E-state index in [4.69, 9.17) is 4.74 Å². The lowest BCUT2D eigenvalue weighted by molar-refractivity contribution is -0.109. The molecule has 0 radical (unpaired) electrons. The molecule has 0 fully saturated rings. The van der Waals surface area contributed by atoms with Crippen LogP contribution in [0.15, 0.2) is 18.2 Å². The van der Waals surface area contributed by atoms with E-state index in [2.05, 4.69) is 11.8 Å². The van der Waals surface area contributed by atoms with Crippen molar-refractivity contribution in [3.8, 4) is 17.6 Å². The van der Waals surface area contributed by atoms with Crippen molar-refractivity contribution in [2.24, 2.45) is 0 Å². The van der Waals surface area contributed by atoms with Crippen LogP contribution in [0.25, 0.3) is 0 Å². The Balaban J connectivity index is 2.57. The Labute approximate surface area is 105 Å². The quantitative estimate of drug-likeness (QED) is 0.611. The average Bonchev–Trinajstić information content (AvgIpc) is 2.30. The molecule has 0 saturated carbocycles. The molecular weight excluding hydrogens is 239 g/mol. The Morgan fingerprint density at radius 1 is 1.53 bits per heavy atom. The summed E-state index contributed by atoms with van der Waals surface area (Å²) in [6.45, 7) is 1.53. The third-order valence-corrected chi connectivity index (χ3v) is 2.73. The highest BCUT2D eigenvalue weighted by Crippen LogP contribution is 2.17. The minimum atomic E-state index is -0.398. The molecular formula is C13H13FO2S. The summed E-state index contributed by atoms with van der Waals surface area (Å²) in [6.07, 6.45) is 0.629. The summed E-state index contributed by atoms with van der Waals surface area (Å²) < 4.78 is 17.9. The van der Waals surface area contributed by atoms with Gasteiger partial charge in [-0.25, -0.2) is 4.39 Å². The molecule has 0 spiro atoms. The number of thioether (sulfide) groups is 1. The van der Waals surface area contributed by atoms with Crippen molar-refractivity contribution >= 4 is 16.9 Å². The van der Waals surface area contributed by atoms with Gasteiger partial charge in [0.2, 0.25) is 0 Å². The van der Waals surface area contributed by atoms with Gasteiger partial charge in [0.05, 0.1) is 7.11 Å². The van der Waals surface area contributed by atoms with Gasteiger partial charge in [-0.3, -0.25) is 4.79 Å². The Morgan fingerprint density at radius 3 is 2.94 bits per heavy atom. The number of benzene rings is 1. The summed E-state index contributed by atoms with van der Waals surface area (Å²) in [7, 11) is 1.42. The summed E-state index contributed by atoms with van der Waals surface area (Å²) in [5.41, 5.74) is 0.705. The zero-order valence-electron chi connectivity index (χ0n) is 9.75. The second-order valence-corrected chi connectivity index (χ2v) is 4.51. The van der Waals surface area contributed by atoms with Gasteiger partial charge in [0.1, 0.15) is 0 Å². The fourth-order valence-corrected chi connectivity index (χ4v) is 1.64.